The van der Waals surface area contributed by atoms with E-state index in [0.29, 0.717) is 65.9 Å². The van der Waals surface area contributed by atoms with E-state index in [1.807, 2.05) is 30.3 Å². The van der Waals surface area contributed by atoms with Crippen LogP contribution in [0.5, 0.6) is 0 Å². The summed E-state index contributed by atoms with van der Waals surface area (Å²) >= 11 is 3.99. The molecule has 0 heterocycles. The molecule has 350 valence electrons. The zero-order valence-corrected chi connectivity index (χ0v) is 35.6. The van der Waals surface area contributed by atoms with E-state index in [-0.39, 0.29) is 88.6 Å². The third-order valence-electron chi connectivity index (χ3n) is 8.54. The Hall–Kier alpha value is -4.71. The molecule has 1 aromatic carbocycles. The van der Waals surface area contributed by atoms with Crippen LogP contribution in [0.2, 0.25) is 0 Å². The maximum atomic E-state index is 12.8. The number of ketones is 2. The van der Waals surface area contributed by atoms with Crippen molar-refractivity contribution in [3.05, 3.63) is 35.9 Å². The van der Waals surface area contributed by atoms with E-state index < -0.39 is 60.5 Å². The zero-order chi connectivity index (χ0) is 45.8. The minimum atomic E-state index is -1.40. The molecule has 22 heteroatoms. The summed E-state index contributed by atoms with van der Waals surface area (Å²) in [5, 5.41) is 34.2. The first-order chi connectivity index (χ1) is 29.9. The molecule has 0 radical (unpaired) electrons. The number of hydrogen-bond acceptors (Lipinski definition) is 16. The van der Waals surface area contributed by atoms with Crippen LogP contribution >= 0.6 is 12.6 Å². The smallest absolute Gasteiger partial charge is 0.327 e. The van der Waals surface area contributed by atoms with Crippen molar-refractivity contribution < 1.29 is 86.8 Å². The van der Waals surface area contributed by atoms with E-state index in [4.69, 9.17) is 33.5 Å². The van der Waals surface area contributed by atoms with Crippen molar-refractivity contribution >= 4 is 60.5 Å². The molecule has 0 unspecified atom stereocenters. The highest BCUT2D eigenvalue weighted by atomic mass is 32.1. The van der Waals surface area contributed by atoms with E-state index in [9.17, 15) is 48.6 Å². The number of rotatable bonds is 41. The molecule has 4 atom stereocenters. The molecule has 0 saturated carbocycles. The first-order valence-corrected chi connectivity index (χ1v) is 20.8. The minimum Gasteiger partial charge on any atom is -0.481 e. The Labute approximate surface area is 365 Å². The molecule has 0 aromatic heterocycles. The fraction of sp³-hybridized carbons (Fsp3) is 0.650. The first kappa shape index (κ1) is 55.3. The van der Waals surface area contributed by atoms with Gasteiger partial charge < -0.3 is 64.4 Å². The summed E-state index contributed by atoms with van der Waals surface area (Å²) in [5.74, 6) is -5.49. The lowest BCUT2D eigenvalue weighted by molar-refractivity contribution is -0.142. The fourth-order valence-electron chi connectivity index (χ4n) is 5.30. The van der Waals surface area contributed by atoms with Gasteiger partial charge in [0.05, 0.1) is 79.1 Å². The number of carbonyl (C=O) groups excluding carboxylic acids is 5. The summed E-state index contributed by atoms with van der Waals surface area (Å²) in [7, 11) is 0. The number of thiol groups is 1. The number of aliphatic carboxylic acids is 3. The van der Waals surface area contributed by atoms with Crippen molar-refractivity contribution in [3.63, 3.8) is 0 Å². The lowest BCUT2D eigenvalue weighted by atomic mass is 9.92. The summed E-state index contributed by atoms with van der Waals surface area (Å²) < 4.78 is 37.3. The molecular weight excluding hydrogens is 843 g/mol. The molecule has 1 aromatic rings. The van der Waals surface area contributed by atoms with E-state index in [1.54, 1.807) is 0 Å². The molecule has 0 saturated heterocycles. The Morgan fingerprint density at radius 1 is 0.597 bits per heavy atom. The van der Waals surface area contributed by atoms with Crippen LogP contribution in [0.4, 0.5) is 4.79 Å². The standard InChI is InChI=1S/C40H61N3O18S/c44-28-61-35(10-11-36(47)48)43-40(54)42-33(38(50)51)9-8-31(45)7-4-13-55-15-17-57-19-21-59-23-24-60-22-20-58-18-16-56-14-12-32(46)26-30(25-29-5-2-1-3-6-29)37(49)41-34(27-62)39(52)53/h1-3,5-6,28,30,33-35,62H,4,7-27H2,(H,41,49)(H,47,48)(H,50,51)(H,52,53)(H2,42,43,54)/t30-,33+,34+,35-/m1/s1. The molecule has 0 fully saturated rings. The topological polar surface area (TPSA) is 298 Å². The number of amides is 3. The van der Waals surface area contributed by atoms with Crippen LogP contribution in [0.3, 0.4) is 0 Å². The van der Waals surface area contributed by atoms with E-state index in [2.05, 4.69) is 33.3 Å². The number of carboxylic acid groups (broad SMARTS) is 3. The Bertz CT molecular complexity index is 1470. The maximum Gasteiger partial charge on any atom is 0.327 e. The van der Waals surface area contributed by atoms with Gasteiger partial charge in [-0.05, 0) is 24.8 Å². The second kappa shape index (κ2) is 35.8. The molecule has 21 nitrogen and oxygen atoms in total. The number of carbonyl (C=O) groups is 8. The third-order valence-corrected chi connectivity index (χ3v) is 8.91. The second-order valence-electron chi connectivity index (χ2n) is 13.5. The van der Waals surface area contributed by atoms with Gasteiger partial charge in [-0.1, -0.05) is 30.3 Å². The second-order valence-corrected chi connectivity index (χ2v) is 13.8. The summed E-state index contributed by atoms with van der Waals surface area (Å²) in [6, 6.07) is 5.62. The molecule has 1 rings (SSSR count). The van der Waals surface area contributed by atoms with Gasteiger partial charge >= 0.3 is 23.9 Å². The van der Waals surface area contributed by atoms with Gasteiger partial charge in [-0.3, -0.25) is 24.0 Å². The summed E-state index contributed by atoms with van der Waals surface area (Å²) in [6.07, 6.45) is -1.32. The van der Waals surface area contributed by atoms with Crippen LogP contribution in [0, 0.1) is 5.92 Å². The van der Waals surface area contributed by atoms with Crippen molar-refractivity contribution in [2.75, 3.05) is 85.0 Å². The van der Waals surface area contributed by atoms with Gasteiger partial charge in [0.2, 0.25) is 5.91 Å². The molecule has 0 bridgehead atoms. The van der Waals surface area contributed by atoms with Gasteiger partial charge in [-0.2, -0.15) is 12.6 Å². The number of hydrogen-bond donors (Lipinski definition) is 7. The number of nitrogens with one attached hydrogen (secondary N) is 3. The molecule has 62 heavy (non-hydrogen) atoms. The minimum absolute atomic E-state index is 0.0272. The summed E-state index contributed by atoms with van der Waals surface area (Å²) in [4.78, 5) is 94.0. The largest absolute Gasteiger partial charge is 0.481 e. The van der Waals surface area contributed by atoms with Crippen molar-refractivity contribution in [2.24, 2.45) is 5.92 Å². The van der Waals surface area contributed by atoms with Gasteiger partial charge in [0.1, 0.15) is 23.7 Å². The molecule has 3 amide bonds. The normalized spacial score (nSPS) is 12.9. The number of carboxylic acids is 3. The average molecular weight is 904 g/mol. The zero-order valence-electron chi connectivity index (χ0n) is 34.7. The van der Waals surface area contributed by atoms with Crippen molar-refractivity contribution in [3.8, 4) is 0 Å². The molecule has 0 aliphatic carbocycles. The summed E-state index contributed by atoms with van der Waals surface area (Å²) in [5.41, 5.74) is 0.853. The molecule has 0 aliphatic rings. The lowest BCUT2D eigenvalue weighted by Crippen LogP contribution is -2.49. The fourth-order valence-corrected chi connectivity index (χ4v) is 5.54. The maximum absolute atomic E-state index is 12.8. The van der Waals surface area contributed by atoms with Crippen molar-refractivity contribution in [1.29, 1.82) is 0 Å². The Morgan fingerprint density at radius 2 is 1.13 bits per heavy atom. The van der Waals surface area contributed by atoms with Crippen LogP contribution in [0.15, 0.2) is 30.3 Å². The quantitative estimate of drug-likeness (QED) is 0.0209. The van der Waals surface area contributed by atoms with Gasteiger partial charge in [-0.25, -0.2) is 14.4 Å². The lowest BCUT2D eigenvalue weighted by Gasteiger charge is -2.19. The van der Waals surface area contributed by atoms with Gasteiger partial charge in [0, 0.05) is 50.4 Å². The highest BCUT2D eigenvalue weighted by molar-refractivity contribution is 7.80. The Morgan fingerprint density at radius 3 is 1.63 bits per heavy atom. The van der Waals surface area contributed by atoms with Crippen LogP contribution in [-0.2, 0) is 73.1 Å². The molecule has 0 aliphatic heterocycles. The van der Waals surface area contributed by atoms with E-state index >= 15 is 0 Å². The molecule has 0 spiro atoms. The van der Waals surface area contributed by atoms with Gasteiger partial charge in [0.25, 0.3) is 6.47 Å². The first-order valence-electron chi connectivity index (χ1n) is 20.1. The molecule has 6 N–H and O–H groups in total. The number of Topliss-reactive ketones (excluding diaryl/α,β-unsaturated/α-hetero) is 2. The monoisotopic (exact) mass is 903 g/mol. The highest BCUT2D eigenvalue weighted by Gasteiger charge is 2.27. The predicted octanol–water partition coefficient (Wildman–Crippen LogP) is 1.04. The van der Waals surface area contributed by atoms with Gasteiger partial charge in [0.15, 0.2) is 6.23 Å². The van der Waals surface area contributed by atoms with E-state index in [0.717, 1.165) is 5.56 Å². The number of ether oxygens (including phenoxy) is 7. The van der Waals surface area contributed by atoms with E-state index in [1.165, 1.54) is 0 Å². The average Bonchev–Trinajstić information content (AvgIpc) is 3.23. The van der Waals surface area contributed by atoms with Crippen molar-refractivity contribution in [1.82, 2.24) is 16.0 Å². The van der Waals surface area contributed by atoms with Gasteiger partial charge in [-0.15, -0.1) is 0 Å². The molecular formula is C40H61N3O18S. The number of benzene rings is 1. The van der Waals surface area contributed by atoms with Crippen LogP contribution in [0.25, 0.3) is 0 Å². The van der Waals surface area contributed by atoms with Crippen molar-refractivity contribution in [2.45, 2.75) is 76.1 Å². The van der Waals surface area contributed by atoms with Crippen LogP contribution < -0.4 is 16.0 Å². The highest BCUT2D eigenvalue weighted by Crippen LogP contribution is 2.15. The predicted molar refractivity (Wildman–Crippen MR) is 221 cm³/mol. The van der Waals surface area contributed by atoms with Crippen LogP contribution in [0.1, 0.15) is 56.9 Å². The van der Waals surface area contributed by atoms with Crippen LogP contribution in [-0.4, -0.2) is 167 Å². The SMILES string of the molecule is O=CO[C@H](CCC(=O)O)NC(=O)N[C@@H](CCC(=O)CCCOCCOCCOCCOCCOCCOCCC(=O)C[C@@H](Cc1ccccc1)C(=O)N[C@@H](CS)C(=O)O)C(=O)O. The Kier molecular flexibility index (Phi) is 32.0. The summed E-state index contributed by atoms with van der Waals surface area (Å²) in [6.45, 7) is 3.73. The Balaban J connectivity index is 2.01. The third kappa shape index (κ3) is 29.5. The number of urea groups is 1.